The summed E-state index contributed by atoms with van der Waals surface area (Å²) < 4.78 is 7.66. The lowest BCUT2D eigenvalue weighted by atomic mass is 9.88. The standard InChI is InChI=1S/C23H35N5O2/c1-15-10-11-16-17(13-15)24-20-14-18(25-28(20)21(16)26(5)6)19-9-7-8-12-27(19)22(29)30-23(2,3)4/h14-15,19H,7-13H2,1-6H3/t15-,19?/m1/s1. The van der Waals surface area contributed by atoms with Crippen LogP contribution in [0.1, 0.15) is 76.4 Å². The van der Waals surface area contributed by atoms with E-state index in [9.17, 15) is 4.79 Å². The third-order valence-electron chi connectivity index (χ3n) is 6.10. The van der Waals surface area contributed by atoms with E-state index < -0.39 is 5.60 Å². The number of hydrogen-bond donors (Lipinski definition) is 0. The van der Waals surface area contributed by atoms with Crippen LogP contribution in [0.3, 0.4) is 0 Å². The van der Waals surface area contributed by atoms with Crippen LogP contribution in [0.15, 0.2) is 6.07 Å². The summed E-state index contributed by atoms with van der Waals surface area (Å²) in [5.74, 6) is 1.78. The van der Waals surface area contributed by atoms with Gasteiger partial charge in [0.15, 0.2) is 5.65 Å². The molecule has 0 bridgehead atoms. The average molecular weight is 414 g/mol. The minimum atomic E-state index is -0.507. The summed E-state index contributed by atoms with van der Waals surface area (Å²) in [5, 5.41) is 4.98. The largest absolute Gasteiger partial charge is 0.444 e. The van der Waals surface area contributed by atoms with Crippen LogP contribution < -0.4 is 4.90 Å². The zero-order valence-electron chi connectivity index (χ0n) is 19.2. The maximum atomic E-state index is 12.9. The zero-order chi connectivity index (χ0) is 21.6. The van der Waals surface area contributed by atoms with Crippen LogP contribution in [0, 0.1) is 5.92 Å². The molecule has 2 aliphatic rings. The van der Waals surface area contributed by atoms with Crippen molar-refractivity contribution in [2.24, 2.45) is 5.92 Å². The SMILES string of the molecule is C[C@@H]1CCc2c(nc3cc(C4CCCCN4C(=O)OC(C)(C)C)nn3c2N(C)C)C1. The smallest absolute Gasteiger partial charge is 0.410 e. The molecular formula is C23H35N5O2. The van der Waals surface area contributed by atoms with E-state index in [1.807, 2.05) is 30.2 Å². The number of carbonyl (C=O) groups is 1. The summed E-state index contributed by atoms with van der Waals surface area (Å²) >= 11 is 0. The van der Waals surface area contributed by atoms with Crippen LogP contribution in [0.2, 0.25) is 0 Å². The summed E-state index contributed by atoms with van der Waals surface area (Å²) in [6.45, 7) is 8.73. The number of carbonyl (C=O) groups excluding carboxylic acids is 1. The summed E-state index contributed by atoms with van der Waals surface area (Å²) in [5.41, 5.74) is 3.78. The van der Waals surface area contributed by atoms with Crippen LogP contribution in [-0.2, 0) is 17.6 Å². The van der Waals surface area contributed by atoms with Crippen LogP contribution in [0.4, 0.5) is 10.6 Å². The number of amides is 1. The van der Waals surface area contributed by atoms with E-state index in [4.69, 9.17) is 14.8 Å². The number of ether oxygens (including phenoxy) is 1. The molecular weight excluding hydrogens is 378 g/mol. The number of aromatic nitrogens is 3. The molecule has 1 unspecified atom stereocenters. The lowest BCUT2D eigenvalue weighted by molar-refractivity contribution is 0.00898. The lowest BCUT2D eigenvalue weighted by Gasteiger charge is -2.35. The van der Waals surface area contributed by atoms with Crippen molar-refractivity contribution in [3.8, 4) is 0 Å². The highest BCUT2D eigenvalue weighted by molar-refractivity contribution is 5.69. The Morgan fingerprint density at radius 2 is 2.00 bits per heavy atom. The second kappa shape index (κ2) is 7.75. The van der Waals surface area contributed by atoms with Gasteiger partial charge in [-0.25, -0.2) is 9.78 Å². The van der Waals surface area contributed by atoms with Gasteiger partial charge in [-0.05, 0) is 65.2 Å². The van der Waals surface area contributed by atoms with Crippen LogP contribution in [-0.4, -0.2) is 51.8 Å². The van der Waals surface area contributed by atoms with E-state index in [0.717, 1.165) is 49.3 Å². The molecule has 0 saturated carbocycles. The molecule has 0 N–H and O–H groups in total. The van der Waals surface area contributed by atoms with Crippen molar-refractivity contribution in [2.45, 2.75) is 77.9 Å². The fourth-order valence-corrected chi connectivity index (χ4v) is 4.74. The molecule has 7 heteroatoms. The van der Waals surface area contributed by atoms with Gasteiger partial charge in [0.2, 0.25) is 0 Å². The first-order valence-corrected chi connectivity index (χ1v) is 11.2. The Balaban J connectivity index is 1.75. The van der Waals surface area contributed by atoms with Crippen molar-refractivity contribution in [1.82, 2.24) is 19.5 Å². The minimum absolute atomic E-state index is 0.0683. The molecule has 30 heavy (non-hydrogen) atoms. The molecule has 2 aromatic heterocycles. The van der Waals surface area contributed by atoms with E-state index in [0.29, 0.717) is 12.5 Å². The van der Waals surface area contributed by atoms with Crippen LogP contribution in [0.5, 0.6) is 0 Å². The normalized spacial score (nSPS) is 22.1. The van der Waals surface area contributed by atoms with Gasteiger partial charge in [-0.1, -0.05) is 6.92 Å². The van der Waals surface area contributed by atoms with E-state index >= 15 is 0 Å². The summed E-state index contributed by atoms with van der Waals surface area (Å²) in [6, 6.07) is 2.00. The molecule has 7 nitrogen and oxygen atoms in total. The predicted molar refractivity (Wildman–Crippen MR) is 118 cm³/mol. The molecule has 3 heterocycles. The number of nitrogens with zero attached hydrogens (tertiary/aromatic N) is 5. The highest BCUT2D eigenvalue weighted by Gasteiger charge is 2.34. The van der Waals surface area contributed by atoms with E-state index in [-0.39, 0.29) is 12.1 Å². The van der Waals surface area contributed by atoms with Crippen molar-refractivity contribution in [2.75, 3.05) is 25.5 Å². The fraction of sp³-hybridized carbons (Fsp3) is 0.696. The number of anilines is 1. The first-order valence-electron chi connectivity index (χ1n) is 11.2. The van der Waals surface area contributed by atoms with Gasteiger partial charge in [0.1, 0.15) is 11.4 Å². The predicted octanol–water partition coefficient (Wildman–Crippen LogP) is 4.38. The maximum absolute atomic E-state index is 12.9. The molecule has 1 fully saturated rings. The van der Waals surface area contributed by atoms with Crippen molar-refractivity contribution in [3.63, 3.8) is 0 Å². The van der Waals surface area contributed by atoms with Gasteiger partial charge in [-0.15, -0.1) is 0 Å². The lowest BCUT2D eigenvalue weighted by Crippen LogP contribution is -2.42. The minimum Gasteiger partial charge on any atom is -0.444 e. The summed E-state index contributed by atoms with van der Waals surface area (Å²) in [6.07, 6.45) is 5.96. The molecule has 1 aliphatic carbocycles. The Hall–Kier alpha value is -2.31. The Labute approximate surface area is 179 Å². The molecule has 0 radical (unpaired) electrons. The number of hydrogen-bond acceptors (Lipinski definition) is 5. The molecule has 4 rings (SSSR count). The van der Waals surface area contributed by atoms with Gasteiger partial charge in [0.05, 0.1) is 17.4 Å². The van der Waals surface area contributed by atoms with Gasteiger partial charge in [-0.2, -0.15) is 9.61 Å². The van der Waals surface area contributed by atoms with Crippen LogP contribution in [0.25, 0.3) is 5.65 Å². The maximum Gasteiger partial charge on any atom is 0.410 e. The van der Waals surface area contributed by atoms with Crippen LogP contribution >= 0.6 is 0 Å². The van der Waals surface area contributed by atoms with Gasteiger partial charge >= 0.3 is 6.09 Å². The topological polar surface area (TPSA) is 63.0 Å². The highest BCUT2D eigenvalue weighted by Crippen LogP contribution is 2.35. The molecule has 0 aromatic carbocycles. The zero-order valence-corrected chi connectivity index (χ0v) is 19.2. The van der Waals surface area contributed by atoms with E-state index in [1.54, 1.807) is 0 Å². The number of fused-ring (bicyclic) bond motifs is 2. The third kappa shape index (κ3) is 3.98. The molecule has 164 valence electrons. The summed E-state index contributed by atoms with van der Waals surface area (Å²) in [7, 11) is 4.14. The molecule has 2 atom stereocenters. The Morgan fingerprint density at radius 3 is 2.70 bits per heavy atom. The first-order chi connectivity index (χ1) is 14.1. The Morgan fingerprint density at radius 1 is 1.23 bits per heavy atom. The summed E-state index contributed by atoms with van der Waals surface area (Å²) in [4.78, 5) is 21.9. The number of rotatable bonds is 2. The molecule has 0 spiro atoms. The van der Waals surface area contributed by atoms with E-state index in [1.165, 1.54) is 17.7 Å². The van der Waals surface area contributed by atoms with Crippen molar-refractivity contribution >= 4 is 17.6 Å². The van der Waals surface area contributed by atoms with Gasteiger partial charge in [0, 0.05) is 32.3 Å². The highest BCUT2D eigenvalue weighted by atomic mass is 16.6. The number of piperidine rings is 1. The Kier molecular flexibility index (Phi) is 5.41. The molecule has 1 amide bonds. The van der Waals surface area contributed by atoms with Crippen molar-refractivity contribution < 1.29 is 9.53 Å². The van der Waals surface area contributed by atoms with Gasteiger partial charge in [-0.3, -0.25) is 4.90 Å². The second-order valence-corrected chi connectivity index (χ2v) is 10.1. The third-order valence-corrected chi connectivity index (χ3v) is 6.10. The van der Waals surface area contributed by atoms with Gasteiger partial charge < -0.3 is 9.64 Å². The Bertz CT molecular complexity index is 943. The van der Waals surface area contributed by atoms with E-state index in [2.05, 4.69) is 32.0 Å². The first kappa shape index (κ1) is 20.9. The average Bonchev–Trinajstić information content (AvgIpc) is 3.07. The van der Waals surface area contributed by atoms with Crippen molar-refractivity contribution in [1.29, 1.82) is 0 Å². The monoisotopic (exact) mass is 413 g/mol. The molecule has 2 aromatic rings. The second-order valence-electron chi connectivity index (χ2n) is 10.1. The fourth-order valence-electron chi connectivity index (χ4n) is 4.74. The quantitative estimate of drug-likeness (QED) is 0.731. The number of likely N-dealkylation sites (tertiary alicyclic amines) is 1. The van der Waals surface area contributed by atoms with Crippen molar-refractivity contribution in [3.05, 3.63) is 23.0 Å². The molecule has 1 aliphatic heterocycles. The molecule has 1 saturated heterocycles. The van der Waals surface area contributed by atoms with Gasteiger partial charge in [0.25, 0.3) is 0 Å².